The normalized spacial score (nSPS) is 19.0. The van der Waals surface area contributed by atoms with E-state index in [2.05, 4.69) is 9.97 Å². The number of rotatable bonds is 3. The van der Waals surface area contributed by atoms with Gasteiger partial charge in [-0.25, -0.2) is 9.97 Å². The van der Waals surface area contributed by atoms with E-state index in [4.69, 9.17) is 5.73 Å². The molecule has 1 heterocycles. The smallest absolute Gasteiger partial charge is 0.129 e. The Bertz CT molecular complexity index is 288. The van der Waals surface area contributed by atoms with Gasteiger partial charge in [-0.05, 0) is 31.2 Å². The van der Waals surface area contributed by atoms with Gasteiger partial charge in [-0.15, -0.1) is 0 Å². The molecular formula is C11H17N3. The third kappa shape index (κ3) is 2.10. The standard InChI is InChI=1S/C11H17N3/c1-8(12)5-11-13-6-10(7-14-11)9-3-2-4-9/h6-9H,2-5,12H2,1H3. The second-order valence-corrected chi connectivity index (χ2v) is 4.24. The molecule has 0 aliphatic heterocycles. The van der Waals surface area contributed by atoms with Crippen molar-refractivity contribution in [3.05, 3.63) is 23.8 Å². The van der Waals surface area contributed by atoms with Gasteiger partial charge in [0.25, 0.3) is 0 Å². The van der Waals surface area contributed by atoms with Crippen LogP contribution in [-0.2, 0) is 6.42 Å². The molecule has 14 heavy (non-hydrogen) atoms. The molecule has 2 rings (SSSR count). The highest BCUT2D eigenvalue weighted by atomic mass is 14.9. The zero-order valence-electron chi connectivity index (χ0n) is 8.61. The Labute approximate surface area is 84.8 Å². The molecule has 1 aromatic heterocycles. The molecule has 1 unspecified atom stereocenters. The topological polar surface area (TPSA) is 51.8 Å². The van der Waals surface area contributed by atoms with Gasteiger partial charge in [0.15, 0.2) is 0 Å². The molecule has 0 bridgehead atoms. The highest BCUT2D eigenvalue weighted by Gasteiger charge is 2.19. The van der Waals surface area contributed by atoms with Crippen molar-refractivity contribution < 1.29 is 0 Å². The minimum Gasteiger partial charge on any atom is -0.328 e. The van der Waals surface area contributed by atoms with E-state index in [0.717, 1.165) is 18.2 Å². The molecule has 0 aromatic carbocycles. The number of nitrogens with zero attached hydrogens (tertiary/aromatic N) is 2. The van der Waals surface area contributed by atoms with E-state index in [0.29, 0.717) is 0 Å². The van der Waals surface area contributed by atoms with Crippen molar-refractivity contribution in [2.75, 3.05) is 0 Å². The Morgan fingerprint density at radius 3 is 2.50 bits per heavy atom. The Kier molecular flexibility index (Phi) is 2.77. The maximum atomic E-state index is 5.68. The molecule has 1 aliphatic rings. The summed E-state index contributed by atoms with van der Waals surface area (Å²) in [6.45, 7) is 1.98. The van der Waals surface area contributed by atoms with E-state index in [1.165, 1.54) is 24.8 Å². The number of aromatic nitrogens is 2. The summed E-state index contributed by atoms with van der Waals surface area (Å²) in [7, 11) is 0. The highest BCUT2D eigenvalue weighted by Crippen LogP contribution is 2.35. The highest BCUT2D eigenvalue weighted by molar-refractivity contribution is 5.14. The minimum atomic E-state index is 0.143. The average molecular weight is 191 g/mol. The van der Waals surface area contributed by atoms with Crippen LogP contribution in [0.3, 0.4) is 0 Å². The van der Waals surface area contributed by atoms with Gasteiger partial charge < -0.3 is 5.73 Å². The Balaban J connectivity index is 2.02. The van der Waals surface area contributed by atoms with E-state index in [-0.39, 0.29) is 6.04 Å². The van der Waals surface area contributed by atoms with E-state index in [9.17, 15) is 0 Å². The molecule has 1 aliphatic carbocycles. The number of hydrogen-bond donors (Lipinski definition) is 1. The van der Waals surface area contributed by atoms with Crippen molar-refractivity contribution in [3.8, 4) is 0 Å². The quantitative estimate of drug-likeness (QED) is 0.790. The predicted octanol–water partition coefficient (Wildman–Crippen LogP) is 1.63. The fourth-order valence-electron chi connectivity index (χ4n) is 1.71. The maximum Gasteiger partial charge on any atom is 0.129 e. The summed E-state index contributed by atoms with van der Waals surface area (Å²) < 4.78 is 0. The van der Waals surface area contributed by atoms with Gasteiger partial charge in [-0.1, -0.05) is 6.42 Å². The van der Waals surface area contributed by atoms with E-state index < -0.39 is 0 Å². The summed E-state index contributed by atoms with van der Waals surface area (Å²) in [5.74, 6) is 1.59. The lowest BCUT2D eigenvalue weighted by Gasteiger charge is -2.24. The molecule has 3 heteroatoms. The molecule has 1 aromatic rings. The van der Waals surface area contributed by atoms with Crippen molar-refractivity contribution in [2.45, 2.75) is 44.6 Å². The van der Waals surface area contributed by atoms with Gasteiger partial charge in [-0.3, -0.25) is 0 Å². The Morgan fingerprint density at radius 1 is 1.43 bits per heavy atom. The Morgan fingerprint density at radius 2 is 2.07 bits per heavy atom. The van der Waals surface area contributed by atoms with Crippen molar-refractivity contribution >= 4 is 0 Å². The molecule has 1 atom stereocenters. The summed E-state index contributed by atoms with van der Waals surface area (Å²) in [6, 6.07) is 0.143. The summed E-state index contributed by atoms with van der Waals surface area (Å²) in [6.07, 6.45) is 8.66. The summed E-state index contributed by atoms with van der Waals surface area (Å²) >= 11 is 0. The van der Waals surface area contributed by atoms with Crippen molar-refractivity contribution in [3.63, 3.8) is 0 Å². The van der Waals surface area contributed by atoms with Crippen molar-refractivity contribution in [1.29, 1.82) is 0 Å². The fraction of sp³-hybridized carbons (Fsp3) is 0.636. The Hall–Kier alpha value is -0.960. The van der Waals surface area contributed by atoms with Crippen LogP contribution < -0.4 is 5.73 Å². The number of nitrogens with two attached hydrogens (primary N) is 1. The van der Waals surface area contributed by atoms with Gasteiger partial charge in [0, 0.05) is 24.9 Å². The van der Waals surface area contributed by atoms with E-state index >= 15 is 0 Å². The molecular weight excluding hydrogens is 174 g/mol. The summed E-state index contributed by atoms with van der Waals surface area (Å²) in [5, 5.41) is 0. The summed E-state index contributed by atoms with van der Waals surface area (Å²) in [5.41, 5.74) is 6.98. The molecule has 3 nitrogen and oxygen atoms in total. The van der Waals surface area contributed by atoms with Crippen LogP contribution in [0.4, 0.5) is 0 Å². The SMILES string of the molecule is CC(N)Cc1ncc(C2CCC2)cn1. The third-order valence-electron chi connectivity index (χ3n) is 2.81. The van der Waals surface area contributed by atoms with Gasteiger partial charge in [0.1, 0.15) is 5.82 Å². The van der Waals surface area contributed by atoms with Gasteiger partial charge in [0.05, 0.1) is 0 Å². The van der Waals surface area contributed by atoms with Crippen molar-refractivity contribution in [1.82, 2.24) is 9.97 Å². The monoisotopic (exact) mass is 191 g/mol. The number of hydrogen-bond acceptors (Lipinski definition) is 3. The van der Waals surface area contributed by atoms with Crippen LogP contribution >= 0.6 is 0 Å². The van der Waals surface area contributed by atoms with Gasteiger partial charge in [-0.2, -0.15) is 0 Å². The lowest BCUT2D eigenvalue weighted by molar-refractivity contribution is 0.417. The average Bonchev–Trinajstić information content (AvgIpc) is 2.04. The molecule has 2 N–H and O–H groups in total. The molecule has 1 fully saturated rings. The van der Waals surface area contributed by atoms with Crippen LogP contribution in [0.15, 0.2) is 12.4 Å². The molecule has 0 saturated heterocycles. The first-order chi connectivity index (χ1) is 6.75. The second kappa shape index (κ2) is 4.05. The maximum absolute atomic E-state index is 5.68. The molecule has 0 spiro atoms. The predicted molar refractivity (Wildman–Crippen MR) is 56.0 cm³/mol. The first-order valence-corrected chi connectivity index (χ1v) is 5.32. The first-order valence-electron chi connectivity index (χ1n) is 5.32. The van der Waals surface area contributed by atoms with Crippen LogP contribution in [0, 0.1) is 0 Å². The van der Waals surface area contributed by atoms with Gasteiger partial charge in [0.2, 0.25) is 0 Å². The first kappa shape index (κ1) is 9.59. The lowest BCUT2D eigenvalue weighted by Crippen LogP contribution is -2.19. The minimum absolute atomic E-state index is 0.143. The van der Waals surface area contributed by atoms with Crippen LogP contribution in [0.25, 0.3) is 0 Å². The van der Waals surface area contributed by atoms with Gasteiger partial charge >= 0.3 is 0 Å². The van der Waals surface area contributed by atoms with Crippen molar-refractivity contribution in [2.24, 2.45) is 5.73 Å². The van der Waals surface area contributed by atoms with Crippen LogP contribution in [0.5, 0.6) is 0 Å². The van der Waals surface area contributed by atoms with Crippen LogP contribution in [0.1, 0.15) is 43.5 Å². The van der Waals surface area contributed by atoms with Crippen LogP contribution in [-0.4, -0.2) is 16.0 Å². The molecule has 0 amide bonds. The molecule has 0 radical (unpaired) electrons. The largest absolute Gasteiger partial charge is 0.328 e. The second-order valence-electron chi connectivity index (χ2n) is 4.24. The van der Waals surface area contributed by atoms with Crippen LogP contribution in [0.2, 0.25) is 0 Å². The zero-order valence-corrected chi connectivity index (χ0v) is 8.61. The lowest BCUT2D eigenvalue weighted by atomic mass is 9.81. The van der Waals surface area contributed by atoms with E-state index in [1.54, 1.807) is 0 Å². The third-order valence-corrected chi connectivity index (χ3v) is 2.81. The molecule has 76 valence electrons. The van der Waals surface area contributed by atoms with E-state index in [1.807, 2.05) is 19.3 Å². The molecule has 1 saturated carbocycles. The fourth-order valence-corrected chi connectivity index (χ4v) is 1.71. The zero-order chi connectivity index (χ0) is 9.97. The summed E-state index contributed by atoms with van der Waals surface area (Å²) in [4.78, 5) is 8.66.